The van der Waals surface area contributed by atoms with Crippen molar-refractivity contribution in [2.45, 2.75) is 24.7 Å². The van der Waals surface area contributed by atoms with E-state index in [4.69, 9.17) is 4.74 Å². The summed E-state index contributed by atoms with van der Waals surface area (Å²) in [5.41, 5.74) is 1.55. The number of rotatable bonds is 8. The van der Waals surface area contributed by atoms with Crippen molar-refractivity contribution in [1.82, 2.24) is 14.9 Å². The van der Waals surface area contributed by atoms with Crippen LogP contribution in [0, 0.1) is 0 Å². The average Bonchev–Trinajstić information content (AvgIpc) is 2.72. The predicted molar refractivity (Wildman–Crippen MR) is 112 cm³/mol. The first-order chi connectivity index (χ1) is 13.6. The van der Waals surface area contributed by atoms with E-state index in [1.165, 1.54) is 11.8 Å². The number of nitrogens with zero attached hydrogens (tertiary/aromatic N) is 2. The van der Waals surface area contributed by atoms with Crippen molar-refractivity contribution in [3.05, 3.63) is 70.5 Å². The molecular formula is C21H23N3O3S. The molecule has 0 aliphatic heterocycles. The number of ether oxygens (including phenoxy) is 1. The zero-order valence-electron chi connectivity index (χ0n) is 15.9. The van der Waals surface area contributed by atoms with Gasteiger partial charge >= 0.3 is 0 Å². The number of thioether (sulfide) groups is 1. The number of para-hydroxylation sites is 1. The second-order valence-corrected chi connectivity index (χ2v) is 7.29. The number of nitrogens with one attached hydrogen (secondary N) is 1. The predicted octanol–water partition coefficient (Wildman–Crippen LogP) is 3.01. The van der Waals surface area contributed by atoms with Crippen molar-refractivity contribution >= 4 is 28.6 Å². The van der Waals surface area contributed by atoms with Gasteiger partial charge in [0, 0.05) is 7.11 Å². The first-order valence-electron chi connectivity index (χ1n) is 9.05. The molecule has 0 aliphatic carbocycles. The summed E-state index contributed by atoms with van der Waals surface area (Å²) in [6.45, 7) is 2.73. The molecule has 0 saturated carbocycles. The van der Waals surface area contributed by atoms with E-state index >= 15 is 0 Å². The Morgan fingerprint density at radius 3 is 2.64 bits per heavy atom. The van der Waals surface area contributed by atoms with Gasteiger partial charge in [0.2, 0.25) is 5.91 Å². The monoisotopic (exact) mass is 397 g/mol. The fraction of sp³-hybridized carbons (Fsp3) is 0.286. The van der Waals surface area contributed by atoms with Crippen LogP contribution in [0.3, 0.4) is 0 Å². The number of methoxy groups -OCH3 is 1. The molecule has 0 unspecified atom stereocenters. The van der Waals surface area contributed by atoms with Crippen LogP contribution in [0.1, 0.15) is 18.5 Å². The van der Waals surface area contributed by atoms with Crippen molar-refractivity contribution in [3.63, 3.8) is 0 Å². The van der Waals surface area contributed by atoms with Gasteiger partial charge in [-0.25, -0.2) is 4.98 Å². The van der Waals surface area contributed by atoms with Crippen molar-refractivity contribution < 1.29 is 9.53 Å². The van der Waals surface area contributed by atoms with Crippen LogP contribution >= 0.6 is 11.8 Å². The normalized spacial score (nSPS) is 12.1. The average molecular weight is 398 g/mol. The zero-order chi connectivity index (χ0) is 19.9. The van der Waals surface area contributed by atoms with Crippen LogP contribution in [-0.2, 0) is 16.1 Å². The number of aromatic nitrogens is 2. The summed E-state index contributed by atoms with van der Waals surface area (Å²) in [4.78, 5) is 29.8. The van der Waals surface area contributed by atoms with Crippen LogP contribution in [0.5, 0.6) is 0 Å². The van der Waals surface area contributed by atoms with Gasteiger partial charge in [-0.2, -0.15) is 0 Å². The third-order valence-electron chi connectivity index (χ3n) is 4.36. The van der Waals surface area contributed by atoms with E-state index in [1.54, 1.807) is 23.8 Å². The molecular weight excluding hydrogens is 374 g/mol. The minimum atomic E-state index is -0.122. The van der Waals surface area contributed by atoms with Crippen LogP contribution < -0.4 is 10.9 Å². The van der Waals surface area contributed by atoms with Gasteiger partial charge in [-0.05, 0) is 24.6 Å². The molecule has 0 saturated heterocycles. The number of amides is 1. The van der Waals surface area contributed by atoms with Gasteiger partial charge in [0.15, 0.2) is 5.16 Å². The Kier molecular flexibility index (Phi) is 6.84. The van der Waals surface area contributed by atoms with Crippen molar-refractivity contribution in [1.29, 1.82) is 0 Å². The van der Waals surface area contributed by atoms with Gasteiger partial charge in [0.05, 0.1) is 35.8 Å². The lowest BCUT2D eigenvalue weighted by Crippen LogP contribution is -2.29. The largest absolute Gasteiger partial charge is 0.383 e. The number of carbonyl (C=O) groups excluding carboxylic acids is 1. The molecule has 2 aromatic carbocycles. The molecule has 3 rings (SSSR count). The Bertz CT molecular complexity index is 1000. The fourth-order valence-electron chi connectivity index (χ4n) is 2.88. The van der Waals surface area contributed by atoms with Crippen molar-refractivity contribution in [3.8, 4) is 0 Å². The van der Waals surface area contributed by atoms with Crippen LogP contribution in [0.2, 0.25) is 0 Å². The van der Waals surface area contributed by atoms with Gasteiger partial charge < -0.3 is 10.1 Å². The second kappa shape index (κ2) is 9.52. The molecule has 1 atom stereocenters. The summed E-state index contributed by atoms with van der Waals surface area (Å²) < 4.78 is 6.69. The first-order valence-corrected chi connectivity index (χ1v) is 10.0. The summed E-state index contributed by atoms with van der Waals surface area (Å²) in [5, 5.41) is 4.06. The van der Waals surface area contributed by atoms with E-state index < -0.39 is 0 Å². The number of fused-ring (bicyclic) bond motifs is 1. The lowest BCUT2D eigenvalue weighted by atomic mass is 10.1. The highest BCUT2D eigenvalue weighted by Crippen LogP contribution is 2.18. The summed E-state index contributed by atoms with van der Waals surface area (Å²) in [6.07, 6.45) is 0. The molecule has 0 aliphatic rings. The van der Waals surface area contributed by atoms with Crippen LogP contribution in [0.25, 0.3) is 10.9 Å². The molecule has 0 bridgehead atoms. The molecule has 0 spiro atoms. The third kappa shape index (κ3) is 4.79. The minimum absolute atomic E-state index is 0.0884. The fourth-order valence-corrected chi connectivity index (χ4v) is 3.71. The molecule has 1 aromatic heterocycles. The Labute approximate surface area is 167 Å². The number of hydrogen-bond donors (Lipinski definition) is 1. The molecule has 3 aromatic rings. The Morgan fingerprint density at radius 1 is 1.18 bits per heavy atom. The molecule has 0 radical (unpaired) electrons. The van der Waals surface area contributed by atoms with Gasteiger partial charge in [0.25, 0.3) is 5.56 Å². The maximum Gasteiger partial charge on any atom is 0.262 e. The molecule has 1 N–H and O–H groups in total. The van der Waals surface area contributed by atoms with E-state index in [0.717, 1.165) is 5.56 Å². The van der Waals surface area contributed by atoms with E-state index in [2.05, 4.69) is 10.3 Å². The summed E-state index contributed by atoms with van der Waals surface area (Å²) in [6, 6.07) is 16.9. The molecule has 146 valence electrons. The van der Waals surface area contributed by atoms with Gasteiger partial charge in [0.1, 0.15) is 0 Å². The topological polar surface area (TPSA) is 73.2 Å². The molecule has 1 amide bonds. The SMILES string of the molecule is COCCn1c(SCC(=O)N[C@H](C)c2ccccc2)nc2ccccc2c1=O. The van der Waals surface area contributed by atoms with Crippen LogP contribution in [0.4, 0.5) is 0 Å². The zero-order valence-corrected chi connectivity index (χ0v) is 16.7. The number of benzene rings is 2. The summed E-state index contributed by atoms with van der Waals surface area (Å²) in [5.74, 6) is 0.0663. The number of carbonyl (C=O) groups is 1. The smallest absolute Gasteiger partial charge is 0.262 e. The Morgan fingerprint density at radius 2 is 1.89 bits per heavy atom. The standard InChI is InChI=1S/C21H23N3O3S/c1-15(16-8-4-3-5-9-16)22-19(25)14-28-21-23-18-11-7-6-10-17(18)20(26)24(21)12-13-27-2/h3-11,15H,12-14H2,1-2H3,(H,22,25)/t15-/m1/s1. The lowest BCUT2D eigenvalue weighted by molar-refractivity contribution is -0.119. The van der Waals surface area contributed by atoms with Crippen LogP contribution in [-0.4, -0.2) is 34.9 Å². The van der Waals surface area contributed by atoms with Gasteiger partial charge in [-0.3, -0.25) is 14.2 Å². The molecule has 28 heavy (non-hydrogen) atoms. The summed E-state index contributed by atoms with van der Waals surface area (Å²) in [7, 11) is 1.59. The maximum absolute atomic E-state index is 12.8. The molecule has 1 heterocycles. The van der Waals surface area contributed by atoms with E-state index in [-0.39, 0.29) is 23.3 Å². The van der Waals surface area contributed by atoms with Gasteiger partial charge in [-0.15, -0.1) is 0 Å². The highest BCUT2D eigenvalue weighted by atomic mass is 32.2. The van der Waals surface area contributed by atoms with Crippen molar-refractivity contribution in [2.24, 2.45) is 0 Å². The van der Waals surface area contributed by atoms with Crippen molar-refractivity contribution in [2.75, 3.05) is 19.5 Å². The van der Waals surface area contributed by atoms with E-state index in [1.807, 2.05) is 49.4 Å². The van der Waals surface area contributed by atoms with E-state index in [0.29, 0.717) is 29.2 Å². The Hall–Kier alpha value is -2.64. The highest BCUT2D eigenvalue weighted by molar-refractivity contribution is 7.99. The molecule has 0 fully saturated rings. The first kappa shape index (κ1) is 20.1. The quantitative estimate of drug-likeness (QED) is 0.467. The molecule has 6 nitrogen and oxygen atoms in total. The Balaban J connectivity index is 1.75. The molecule has 7 heteroatoms. The highest BCUT2D eigenvalue weighted by Gasteiger charge is 2.14. The van der Waals surface area contributed by atoms with Gasteiger partial charge in [-0.1, -0.05) is 54.2 Å². The maximum atomic E-state index is 12.8. The lowest BCUT2D eigenvalue weighted by Gasteiger charge is -2.15. The van der Waals surface area contributed by atoms with E-state index in [9.17, 15) is 9.59 Å². The number of hydrogen-bond acceptors (Lipinski definition) is 5. The third-order valence-corrected chi connectivity index (χ3v) is 5.33. The minimum Gasteiger partial charge on any atom is -0.383 e. The van der Waals surface area contributed by atoms with Crippen LogP contribution in [0.15, 0.2) is 64.5 Å². The second-order valence-electron chi connectivity index (χ2n) is 6.35. The summed E-state index contributed by atoms with van der Waals surface area (Å²) >= 11 is 1.26.